The van der Waals surface area contributed by atoms with E-state index in [0.717, 1.165) is 52.4 Å². The van der Waals surface area contributed by atoms with Gasteiger partial charge in [0.15, 0.2) is 17.1 Å². The first-order chi connectivity index (χ1) is 18.2. The normalized spacial score (nSPS) is 13.6. The van der Waals surface area contributed by atoms with Gasteiger partial charge in [0, 0.05) is 59.2 Å². The number of rotatable bonds is 5. The maximum atomic E-state index is 12.4. The number of aromatic amines is 2. The first-order valence-electron chi connectivity index (χ1n) is 12.1. The van der Waals surface area contributed by atoms with Gasteiger partial charge in [-0.15, -0.1) is 0 Å². The molecule has 1 aliphatic carbocycles. The summed E-state index contributed by atoms with van der Waals surface area (Å²) in [5, 5.41) is 11.3. The molecule has 1 aliphatic rings. The number of H-pyrrole nitrogens is 2. The van der Waals surface area contributed by atoms with Crippen molar-refractivity contribution in [2.75, 3.05) is 5.32 Å². The van der Waals surface area contributed by atoms with Crippen LogP contribution < -0.4 is 5.32 Å². The van der Waals surface area contributed by atoms with Crippen LogP contribution in [0.1, 0.15) is 19.3 Å². The Morgan fingerprint density at radius 1 is 0.919 bits per heavy atom. The maximum absolute atomic E-state index is 12.4. The lowest BCUT2D eigenvalue weighted by Crippen LogP contribution is -2.28. The van der Waals surface area contributed by atoms with Gasteiger partial charge in [-0.1, -0.05) is 12.5 Å². The topological polar surface area (TPSA) is 138 Å². The van der Waals surface area contributed by atoms with E-state index in [9.17, 15) is 4.79 Å². The second-order valence-corrected chi connectivity index (χ2v) is 9.15. The van der Waals surface area contributed by atoms with Gasteiger partial charge in [-0.25, -0.2) is 15.0 Å². The van der Waals surface area contributed by atoms with Crippen molar-refractivity contribution < 1.29 is 4.79 Å². The molecule has 1 saturated carbocycles. The minimum atomic E-state index is 0.0556. The van der Waals surface area contributed by atoms with Crippen LogP contribution in [-0.2, 0) is 4.79 Å². The highest BCUT2D eigenvalue weighted by Gasteiger charge is 2.25. The highest BCUT2D eigenvalue weighted by molar-refractivity contribution is 5.96. The van der Waals surface area contributed by atoms with E-state index in [-0.39, 0.29) is 11.8 Å². The third kappa shape index (κ3) is 3.79. The van der Waals surface area contributed by atoms with Crippen LogP contribution in [0.3, 0.4) is 0 Å². The van der Waals surface area contributed by atoms with Gasteiger partial charge >= 0.3 is 0 Å². The predicted octanol–water partition coefficient (Wildman–Crippen LogP) is 4.76. The molecule has 0 aromatic carbocycles. The summed E-state index contributed by atoms with van der Waals surface area (Å²) in [7, 11) is 0. The van der Waals surface area contributed by atoms with Crippen LogP contribution in [0.15, 0.2) is 67.5 Å². The first kappa shape index (κ1) is 21.3. The van der Waals surface area contributed by atoms with Crippen molar-refractivity contribution in [1.29, 1.82) is 0 Å². The molecule has 1 amide bonds. The average Bonchev–Trinajstić information content (AvgIpc) is 3.52. The smallest absolute Gasteiger partial charge is 0.227 e. The summed E-state index contributed by atoms with van der Waals surface area (Å²) in [5.41, 5.74) is 6.95. The van der Waals surface area contributed by atoms with E-state index in [2.05, 4.69) is 40.4 Å². The number of amides is 1. The molecule has 6 aromatic rings. The van der Waals surface area contributed by atoms with Crippen LogP contribution in [-0.4, -0.2) is 46.0 Å². The van der Waals surface area contributed by atoms with Gasteiger partial charge in [0.05, 0.1) is 17.3 Å². The molecular weight excluding hydrogens is 466 g/mol. The molecule has 3 N–H and O–H groups in total. The molecule has 6 aromatic heterocycles. The molecule has 37 heavy (non-hydrogen) atoms. The van der Waals surface area contributed by atoms with Crippen molar-refractivity contribution in [2.45, 2.75) is 19.3 Å². The Hall–Kier alpha value is -4.99. The Kier molecular flexibility index (Phi) is 4.95. The lowest BCUT2D eigenvalue weighted by molar-refractivity contribution is -0.122. The zero-order chi connectivity index (χ0) is 24.8. The fourth-order valence-electron chi connectivity index (χ4n) is 4.60. The predicted molar refractivity (Wildman–Crippen MR) is 139 cm³/mol. The van der Waals surface area contributed by atoms with Gasteiger partial charge < -0.3 is 10.3 Å². The second kappa shape index (κ2) is 8.59. The summed E-state index contributed by atoms with van der Waals surface area (Å²) < 4.78 is 0. The number of aromatic nitrogens is 8. The second-order valence-electron chi connectivity index (χ2n) is 9.15. The van der Waals surface area contributed by atoms with Gasteiger partial charge in [-0.2, -0.15) is 5.10 Å². The summed E-state index contributed by atoms with van der Waals surface area (Å²) in [5.74, 6) is 0.746. The summed E-state index contributed by atoms with van der Waals surface area (Å²) in [6, 6.07) is 9.73. The van der Waals surface area contributed by atoms with Gasteiger partial charge in [-0.3, -0.25) is 19.9 Å². The zero-order valence-electron chi connectivity index (χ0n) is 19.6. The fourth-order valence-corrected chi connectivity index (χ4v) is 4.60. The highest BCUT2D eigenvalue weighted by Crippen LogP contribution is 2.32. The molecular formula is C27H21N9O. The number of nitrogens with zero attached hydrogens (tertiary/aromatic N) is 6. The highest BCUT2D eigenvalue weighted by atomic mass is 16.1. The molecule has 6 heterocycles. The Bertz CT molecular complexity index is 1770. The number of hydrogen-bond donors (Lipinski definition) is 3. The molecule has 0 spiro atoms. The molecule has 180 valence electrons. The van der Waals surface area contributed by atoms with Crippen LogP contribution >= 0.6 is 0 Å². The number of anilines is 1. The van der Waals surface area contributed by atoms with E-state index in [1.165, 1.54) is 0 Å². The van der Waals surface area contributed by atoms with E-state index in [1.807, 2.05) is 30.3 Å². The number of fused-ring (bicyclic) bond motifs is 2. The van der Waals surface area contributed by atoms with Crippen molar-refractivity contribution in [2.24, 2.45) is 5.92 Å². The summed E-state index contributed by atoms with van der Waals surface area (Å²) in [6.45, 7) is 0. The third-order valence-electron chi connectivity index (χ3n) is 6.81. The van der Waals surface area contributed by atoms with Crippen LogP contribution in [0.25, 0.3) is 56.0 Å². The molecule has 0 aliphatic heterocycles. The molecule has 0 atom stereocenters. The van der Waals surface area contributed by atoms with Gasteiger partial charge in [0.2, 0.25) is 5.91 Å². The standard InChI is InChI=1S/C27H21N9O/c37-27(15-3-1-4-15)32-19-9-17(12-29-14-19)18-10-21-23(35-36-24(21)31-13-18)26-33-22-20(6-8-30-25(22)34-26)16-5-2-7-28-11-16/h2,5-15H,1,3-4H2,(H,32,37)(H,30,33,34)(H,31,35,36). The lowest BCUT2D eigenvalue weighted by Gasteiger charge is -2.24. The molecule has 1 fully saturated rings. The van der Waals surface area contributed by atoms with Crippen LogP contribution in [0.4, 0.5) is 5.69 Å². The molecule has 0 saturated heterocycles. The molecule has 0 bridgehead atoms. The molecule has 7 rings (SSSR count). The lowest BCUT2D eigenvalue weighted by atomic mass is 9.85. The van der Waals surface area contributed by atoms with Gasteiger partial charge in [-0.05, 0) is 37.1 Å². The van der Waals surface area contributed by atoms with Crippen molar-refractivity contribution in [3.63, 3.8) is 0 Å². The minimum Gasteiger partial charge on any atom is -0.324 e. The minimum absolute atomic E-state index is 0.0556. The molecule has 10 heteroatoms. The summed E-state index contributed by atoms with van der Waals surface area (Å²) in [4.78, 5) is 38.1. The number of carbonyl (C=O) groups is 1. The fraction of sp³-hybridized carbons (Fsp3) is 0.148. The largest absolute Gasteiger partial charge is 0.324 e. The Balaban J connectivity index is 1.26. The SMILES string of the molecule is O=C(Nc1cncc(-c2cnc3[nH]nc(-c4nc5c(-c6cccnc6)ccnc5[nH]4)c3c2)c1)C1CCC1. The molecule has 0 radical (unpaired) electrons. The van der Waals surface area contributed by atoms with E-state index in [4.69, 9.17) is 4.98 Å². The average molecular weight is 488 g/mol. The van der Waals surface area contributed by atoms with Crippen LogP contribution in [0, 0.1) is 5.92 Å². The quantitative estimate of drug-likeness (QED) is 0.319. The van der Waals surface area contributed by atoms with E-state index in [0.29, 0.717) is 28.5 Å². The Labute approximate surface area is 210 Å². The molecule has 10 nitrogen and oxygen atoms in total. The van der Waals surface area contributed by atoms with E-state index < -0.39 is 0 Å². The first-order valence-corrected chi connectivity index (χ1v) is 12.1. The third-order valence-corrected chi connectivity index (χ3v) is 6.81. The number of nitrogens with one attached hydrogen (secondary N) is 3. The van der Waals surface area contributed by atoms with Crippen molar-refractivity contribution in [3.05, 3.63) is 67.5 Å². The van der Waals surface area contributed by atoms with Crippen molar-refractivity contribution >= 4 is 33.8 Å². The van der Waals surface area contributed by atoms with Crippen molar-refractivity contribution in [1.82, 2.24) is 40.1 Å². The van der Waals surface area contributed by atoms with Gasteiger partial charge in [0.1, 0.15) is 11.2 Å². The Morgan fingerprint density at radius 3 is 2.65 bits per heavy atom. The van der Waals surface area contributed by atoms with Crippen LogP contribution in [0.2, 0.25) is 0 Å². The Morgan fingerprint density at radius 2 is 1.81 bits per heavy atom. The van der Waals surface area contributed by atoms with E-state index >= 15 is 0 Å². The van der Waals surface area contributed by atoms with Gasteiger partial charge in [0.25, 0.3) is 0 Å². The number of imidazole rings is 1. The van der Waals surface area contributed by atoms with Crippen LogP contribution in [0.5, 0.6) is 0 Å². The summed E-state index contributed by atoms with van der Waals surface area (Å²) >= 11 is 0. The zero-order valence-corrected chi connectivity index (χ0v) is 19.6. The van der Waals surface area contributed by atoms with E-state index in [1.54, 1.807) is 37.2 Å². The monoisotopic (exact) mass is 487 g/mol. The number of carbonyl (C=O) groups excluding carboxylic acids is 1. The number of hydrogen-bond acceptors (Lipinski definition) is 7. The maximum Gasteiger partial charge on any atom is 0.227 e. The molecule has 0 unspecified atom stereocenters. The summed E-state index contributed by atoms with van der Waals surface area (Å²) in [6.07, 6.45) is 13.5. The number of pyridine rings is 4. The van der Waals surface area contributed by atoms with Crippen molar-refractivity contribution in [3.8, 4) is 33.8 Å².